The Morgan fingerprint density at radius 2 is 1.72 bits per heavy atom. The summed E-state index contributed by atoms with van der Waals surface area (Å²) in [5.74, 6) is 0.729. The minimum absolute atomic E-state index is 0.336. The molecule has 0 radical (unpaired) electrons. The summed E-state index contributed by atoms with van der Waals surface area (Å²) < 4.78 is 11.0. The van der Waals surface area contributed by atoms with E-state index in [2.05, 4.69) is 11.9 Å². The Bertz CT molecular complexity index is 966. The SMILES string of the molecule is CCCCOc1ccc(C=Nc2ccc(C(=O)Oc3ccccc3Cl)cc2)cc1. The van der Waals surface area contributed by atoms with E-state index >= 15 is 0 Å². The maximum Gasteiger partial charge on any atom is 0.343 e. The largest absolute Gasteiger partial charge is 0.494 e. The zero-order chi connectivity index (χ0) is 20.5. The molecule has 0 heterocycles. The van der Waals surface area contributed by atoms with Crippen molar-refractivity contribution in [1.82, 2.24) is 0 Å². The van der Waals surface area contributed by atoms with Crippen molar-refractivity contribution >= 4 is 29.5 Å². The number of aliphatic imine (C=N–C) groups is 1. The predicted octanol–water partition coefficient (Wildman–Crippen LogP) is 6.49. The van der Waals surface area contributed by atoms with E-state index in [-0.39, 0.29) is 0 Å². The number of carbonyl (C=O) groups is 1. The predicted molar refractivity (Wildman–Crippen MR) is 117 cm³/mol. The molecule has 0 bridgehead atoms. The van der Waals surface area contributed by atoms with Crippen LogP contribution in [0.15, 0.2) is 77.8 Å². The molecular weight excluding hydrogens is 386 g/mol. The number of esters is 1. The standard InChI is InChI=1S/C24H22ClNO3/c1-2-3-16-28-21-14-8-18(9-15-21)17-26-20-12-10-19(11-13-20)24(27)29-23-7-5-4-6-22(23)25/h4-15,17H,2-3,16H2,1H3. The molecule has 148 valence electrons. The van der Waals surface area contributed by atoms with Crippen LogP contribution in [0.2, 0.25) is 5.02 Å². The van der Waals surface area contributed by atoms with Gasteiger partial charge in [-0.3, -0.25) is 4.99 Å². The van der Waals surface area contributed by atoms with Crippen LogP contribution in [0.25, 0.3) is 0 Å². The van der Waals surface area contributed by atoms with Crippen molar-refractivity contribution in [2.75, 3.05) is 6.61 Å². The Labute approximate surface area is 175 Å². The molecule has 0 aromatic heterocycles. The van der Waals surface area contributed by atoms with Crippen LogP contribution in [-0.2, 0) is 0 Å². The summed E-state index contributed by atoms with van der Waals surface area (Å²) in [4.78, 5) is 16.7. The Morgan fingerprint density at radius 1 is 1.00 bits per heavy atom. The lowest BCUT2D eigenvalue weighted by molar-refractivity contribution is 0.0735. The van der Waals surface area contributed by atoms with E-state index < -0.39 is 5.97 Å². The van der Waals surface area contributed by atoms with Gasteiger partial charge in [0.15, 0.2) is 0 Å². The monoisotopic (exact) mass is 407 g/mol. The van der Waals surface area contributed by atoms with Gasteiger partial charge in [-0.05, 0) is 72.6 Å². The molecule has 0 amide bonds. The van der Waals surface area contributed by atoms with Crippen molar-refractivity contribution in [2.24, 2.45) is 4.99 Å². The van der Waals surface area contributed by atoms with E-state index in [0.29, 0.717) is 16.3 Å². The molecule has 0 atom stereocenters. The molecule has 3 aromatic rings. The Kier molecular flexibility index (Phi) is 7.42. The number of rotatable bonds is 8. The van der Waals surface area contributed by atoms with Crippen LogP contribution in [0.5, 0.6) is 11.5 Å². The highest BCUT2D eigenvalue weighted by molar-refractivity contribution is 6.32. The van der Waals surface area contributed by atoms with Gasteiger partial charge >= 0.3 is 5.97 Å². The maximum atomic E-state index is 12.3. The van der Waals surface area contributed by atoms with Crippen molar-refractivity contribution < 1.29 is 14.3 Å². The highest BCUT2D eigenvalue weighted by Gasteiger charge is 2.10. The second kappa shape index (κ2) is 10.4. The summed E-state index contributed by atoms with van der Waals surface area (Å²) in [7, 11) is 0. The number of nitrogens with zero attached hydrogens (tertiary/aromatic N) is 1. The van der Waals surface area contributed by atoms with E-state index in [1.165, 1.54) is 0 Å². The van der Waals surface area contributed by atoms with Crippen molar-refractivity contribution in [3.63, 3.8) is 0 Å². The van der Waals surface area contributed by atoms with Crippen molar-refractivity contribution in [3.05, 3.63) is 88.9 Å². The number of hydrogen-bond donors (Lipinski definition) is 0. The zero-order valence-corrected chi connectivity index (χ0v) is 16.9. The van der Waals surface area contributed by atoms with Gasteiger partial charge in [-0.25, -0.2) is 4.79 Å². The number of halogens is 1. The summed E-state index contributed by atoms with van der Waals surface area (Å²) in [6, 6.07) is 21.5. The average molecular weight is 408 g/mol. The first-order valence-corrected chi connectivity index (χ1v) is 9.87. The Hall–Kier alpha value is -3.11. The fraction of sp³-hybridized carbons (Fsp3) is 0.167. The third kappa shape index (κ3) is 6.19. The van der Waals surface area contributed by atoms with Crippen LogP contribution in [0.4, 0.5) is 5.69 Å². The van der Waals surface area contributed by atoms with Crippen LogP contribution in [0.3, 0.4) is 0 Å². The average Bonchev–Trinajstić information content (AvgIpc) is 2.75. The van der Waals surface area contributed by atoms with Gasteiger partial charge < -0.3 is 9.47 Å². The first-order chi connectivity index (χ1) is 14.2. The molecule has 3 rings (SSSR count). The summed E-state index contributed by atoms with van der Waals surface area (Å²) in [6.07, 6.45) is 3.93. The third-order valence-corrected chi connectivity index (χ3v) is 4.46. The summed E-state index contributed by atoms with van der Waals surface area (Å²) in [5.41, 5.74) is 2.13. The van der Waals surface area contributed by atoms with Gasteiger partial charge in [-0.15, -0.1) is 0 Å². The molecule has 0 aliphatic rings. The lowest BCUT2D eigenvalue weighted by Crippen LogP contribution is -2.08. The first kappa shape index (κ1) is 20.6. The maximum absolute atomic E-state index is 12.3. The van der Waals surface area contributed by atoms with E-state index in [9.17, 15) is 4.79 Å². The first-order valence-electron chi connectivity index (χ1n) is 9.49. The van der Waals surface area contributed by atoms with Crippen LogP contribution >= 0.6 is 11.6 Å². The lowest BCUT2D eigenvalue weighted by atomic mass is 10.2. The molecule has 0 unspecified atom stereocenters. The van der Waals surface area contributed by atoms with Gasteiger partial charge in [0.05, 0.1) is 22.9 Å². The lowest BCUT2D eigenvalue weighted by Gasteiger charge is -2.06. The second-order valence-electron chi connectivity index (χ2n) is 6.40. The minimum Gasteiger partial charge on any atom is -0.494 e. The van der Waals surface area contributed by atoms with Gasteiger partial charge in [-0.1, -0.05) is 37.1 Å². The normalized spacial score (nSPS) is 10.8. The van der Waals surface area contributed by atoms with E-state index in [1.54, 1.807) is 54.7 Å². The number of benzene rings is 3. The van der Waals surface area contributed by atoms with Crippen molar-refractivity contribution in [2.45, 2.75) is 19.8 Å². The van der Waals surface area contributed by atoms with Gasteiger partial charge in [0.25, 0.3) is 0 Å². The smallest absolute Gasteiger partial charge is 0.343 e. The topological polar surface area (TPSA) is 47.9 Å². The summed E-state index contributed by atoms with van der Waals surface area (Å²) >= 11 is 6.02. The molecule has 3 aromatic carbocycles. The van der Waals surface area contributed by atoms with Gasteiger partial charge in [0.2, 0.25) is 0 Å². The molecule has 0 saturated heterocycles. The highest BCUT2D eigenvalue weighted by Crippen LogP contribution is 2.24. The molecule has 4 nitrogen and oxygen atoms in total. The second-order valence-corrected chi connectivity index (χ2v) is 6.80. The summed E-state index contributed by atoms with van der Waals surface area (Å²) in [6.45, 7) is 2.87. The molecule has 0 aliphatic heterocycles. The molecule has 0 fully saturated rings. The van der Waals surface area contributed by atoms with Crippen LogP contribution in [0, 0.1) is 0 Å². The zero-order valence-electron chi connectivity index (χ0n) is 16.2. The van der Waals surface area contributed by atoms with Crippen LogP contribution in [-0.4, -0.2) is 18.8 Å². The number of para-hydroxylation sites is 1. The van der Waals surface area contributed by atoms with Gasteiger partial charge in [-0.2, -0.15) is 0 Å². The Balaban J connectivity index is 1.58. The van der Waals surface area contributed by atoms with Crippen molar-refractivity contribution in [1.29, 1.82) is 0 Å². The van der Waals surface area contributed by atoms with E-state index in [0.717, 1.165) is 36.4 Å². The molecule has 0 aliphatic carbocycles. The van der Waals surface area contributed by atoms with Gasteiger partial charge in [0, 0.05) is 6.21 Å². The van der Waals surface area contributed by atoms with Gasteiger partial charge in [0.1, 0.15) is 11.5 Å². The summed E-state index contributed by atoms with van der Waals surface area (Å²) in [5, 5.41) is 0.392. The third-order valence-electron chi connectivity index (χ3n) is 4.15. The fourth-order valence-corrected chi connectivity index (χ4v) is 2.68. The molecule has 29 heavy (non-hydrogen) atoms. The minimum atomic E-state index is -0.465. The quantitative estimate of drug-likeness (QED) is 0.185. The molecule has 0 spiro atoms. The number of unbranched alkanes of at least 4 members (excludes halogenated alkanes) is 1. The van der Waals surface area contributed by atoms with Crippen LogP contribution in [0.1, 0.15) is 35.7 Å². The molecule has 5 heteroatoms. The highest BCUT2D eigenvalue weighted by atomic mass is 35.5. The number of ether oxygens (including phenoxy) is 2. The number of carbonyl (C=O) groups excluding carboxylic acids is 1. The van der Waals surface area contributed by atoms with Crippen LogP contribution < -0.4 is 9.47 Å². The molecule has 0 N–H and O–H groups in total. The fourth-order valence-electron chi connectivity index (χ4n) is 2.50. The molecular formula is C24H22ClNO3. The molecule has 0 saturated carbocycles. The van der Waals surface area contributed by atoms with E-state index in [4.69, 9.17) is 21.1 Å². The van der Waals surface area contributed by atoms with E-state index in [1.807, 2.05) is 24.3 Å². The Morgan fingerprint density at radius 3 is 2.41 bits per heavy atom. The van der Waals surface area contributed by atoms with Crippen molar-refractivity contribution in [3.8, 4) is 11.5 Å². The number of hydrogen-bond acceptors (Lipinski definition) is 4.